The van der Waals surface area contributed by atoms with Crippen molar-refractivity contribution in [3.8, 4) is 0 Å². The Balaban J connectivity index is 3.17. The molecule has 5 nitrogen and oxygen atoms in total. The minimum absolute atomic E-state index is 0.293. The van der Waals surface area contributed by atoms with Gasteiger partial charge in [-0.15, -0.1) is 0 Å². The maximum atomic E-state index is 11.7. The number of hydrogen-bond donors (Lipinski definition) is 0. The summed E-state index contributed by atoms with van der Waals surface area (Å²) < 4.78 is 9.86. The van der Waals surface area contributed by atoms with Crippen molar-refractivity contribution in [1.82, 2.24) is 0 Å². The van der Waals surface area contributed by atoms with E-state index >= 15 is 0 Å². The number of aryl methyl sites for hydroxylation is 2. The van der Waals surface area contributed by atoms with E-state index in [0.29, 0.717) is 35.7 Å². The summed E-state index contributed by atoms with van der Waals surface area (Å²) in [5, 5.41) is 0. The summed E-state index contributed by atoms with van der Waals surface area (Å²) in [7, 11) is 0. The van der Waals surface area contributed by atoms with Crippen LogP contribution in [-0.4, -0.2) is 25.2 Å². The number of pyridine rings is 1. The zero-order chi connectivity index (χ0) is 13.7. The molecule has 1 aromatic heterocycles. The van der Waals surface area contributed by atoms with Crippen LogP contribution >= 0.6 is 0 Å². The quantitative estimate of drug-likeness (QED) is 0.761. The van der Waals surface area contributed by atoms with Crippen LogP contribution in [0.2, 0.25) is 0 Å². The third kappa shape index (κ3) is 3.06. The Morgan fingerprint density at radius 3 is 1.72 bits per heavy atom. The first-order valence-electron chi connectivity index (χ1n) is 5.89. The average Bonchev–Trinajstić information content (AvgIpc) is 2.29. The molecule has 0 aliphatic heterocycles. The van der Waals surface area contributed by atoms with Gasteiger partial charge in [0.1, 0.15) is 11.1 Å². The molecule has 0 radical (unpaired) electrons. The average molecular weight is 252 g/mol. The molecule has 0 amide bonds. The van der Waals surface area contributed by atoms with Crippen LogP contribution in [0.5, 0.6) is 0 Å². The smallest absolute Gasteiger partial charge is 0.344 e. The number of carbonyl (C=O) groups is 2. The first-order valence-corrected chi connectivity index (χ1v) is 5.89. The lowest BCUT2D eigenvalue weighted by molar-refractivity contribution is -0.397. The van der Waals surface area contributed by atoms with Gasteiger partial charge in [-0.1, -0.05) is 0 Å². The van der Waals surface area contributed by atoms with Crippen molar-refractivity contribution in [1.29, 1.82) is 0 Å². The van der Waals surface area contributed by atoms with E-state index in [0.717, 1.165) is 0 Å². The van der Waals surface area contributed by atoms with E-state index in [2.05, 4.69) is 4.98 Å². The van der Waals surface area contributed by atoms with Crippen LogP contribution in [0.4, 0.5) is 0 Å². The van der Waals surface area contributed by atoms with Gasteiger partial charge in [-0.05, 0) is 19.9 Å². The first kappa shape index (κ1) is 14.2. The van der Waals surface area contributed by atoms with Crippen molar-refractivity contribution in [3.63, 3.8) is 0 Å². The second kappa shape index (κ2) is 6.14. The Bertz CT molecular complexity index is 429. The minimum Gasteiger partial charge on any atom is -0.462 e. The third-order valence-electron chi connectivity index (χ3n) is 2.46. The van der Waals surface area contributed by atoms with Crippen LogP contribution in [0, 0.1) is 13.8 Å². The van der Waals surface area contributed by atoms with Crippen molar-refractivity contribution < 1.29 is 24.0 Å². The van der Waals surface area contributed by atoms with Gasteiger partial charge in [-0.3, -0.25) is 0 Å². The summed E-state index contributed by atoms with van der Waals surface area (Å²) in [5.41, 5.74) is 2.04. The molecule has 18 heavy (non-hydrogen) atoms. The molecule has 0 aromatic carbocycles. The number of nitrogens with one attached hydrogen (secondary N) is 1. The number of ether oxygens (including phenoxy) is 2. The van der Waals surface area contributed by atoms with Crippen molar-refractivity contribution >= 4 is 11.9 Å². The summed E-state index contributed by atoms with van der Waals surface area (Å²) in [6, 6.07) is 1.51. The fourth-order valence-electron chi connectivity index (χ4n) is 1.62. The molecule has 1 aromatic rings. The van der Waals surface area contributed by atoms with Gasteiger partial charge >= 0.3 is 11.9 Å². The van der Waals surface area contributed by atoms with Crippen LogP contribution < -0.4 is 4.98 Å². The van der Waals surface area contributed by atoms with Gasteiger partial charge in [0.25, 0.3) is 0 Å². The lowest BCUT2D eigenvalue weighted by atomic mass is 10.1. The zero-order valence-corrected chi connectivity index (χ0v) is 11.1. The van der Waals surface area contributed by atoms with E-state index in [-0.39, 0.29) is 0 Å². The summed E-state index contributed by atoms with van der Waals surface area (Å²) in [6.07, 6.45) is 0. The molecule has 0 spiro atoms. The Morgan fingerprint density at radius 1 is 1.00 bits per heavy atom. The van der Waals surface area contributed by atoms with Crippen LogP contribution in [0.15, 0.2) is 6.07 Å². The molecular weight excluding hydrogens is 234 g/mol. The first-order chi connectivity index (χ1) is 8.51. The molecule has 0 atom stereocenters. The fraction of sp³-hybridized carbons (Fsp3) is 0.462. The maximum Gasteiger partial charge on any atom is 0.344 e. The number of H-pyrrole nitrogens is 1. The number of esters is 2. The van der Waals surface area contributed by atoms with Gasteiger partial charge in [0, 0.05) is 13.8 Å². The Morgan fingerprint density at radius 2 is 1.39 bits per heavy atom. The predicted molar refractivity (Wildman–Crippen MR) is 64.4 cm³/mol. The summed E-state index contributed by atoms with van der Waals surface area (Å²) in [6.45, 7) is 7.57. The van der Waals surface area contributed by atoms with Crippen LogP contribution in [0.1, 0.15) is 46.0 Å². The van der Waals surface area contributed by atoms with Crippen molar-refractivity contribution in [2.45, 2.75) is 27.7 Å². The van der Waals surface area contributed by atoms with Crippen LogP contribution in [0.3, 0.4) is 0 Å². The van der Waals surface area contributed by atoms with Gasteiger partial charge in [0.05, 0.1) is 13.2 Å². The second-order valence-corrected chi connectivity index (χ2v) is 3.79. The van der Waals surface area contributed by atoms with E-state index in [1.165, 1.54) is 6.07 Å². The maximum absolute atomic E-state index is 11.7. The highest BCUT2D eigenvalue weighted by molar-refractivity contribution is 5.95. The monoisotopic (exact) mass is 252 g/mol. The highest BCUT2D eigenvalue weighted by atomic mass is 16.5. The number of rotatable bonds is 4. The standard InChI is InChI=1S/C13H17NO4/c1-5-17-12(15)10-7-11(13(16)18-6-2)9(4)14-8(10)3/h7H,5-6H2,1-4H3/p+1. The predicted octanol–water partition coefficient (Wildman–Crippen LogP) is 1.47. The van der Waals surface area contributed by atoms with E-state index in [9.17, 15) is 9.59 Å². The highest BCUT2D eigenvalue weighted by Gasteiger charge is 2.23. The second-order valence-electron chi connectivity index (χ2n) is 3.79. The molecule has 0 saturated carbocycles. The summed E-state index contributed by atoms with van der Waals surface area (Å²) in [5.74, 6) is -0.895. The molecule has 0 fully saturated rings. The number of aromatic amines is 1. The lowest BCUT2D eigenvalue weighted by Crippen LogP contribution is -2.23. The van der Waals surface area contributed by atoms with E-state index in [1.54, 1.807) is 27.7 Å². The SMILES string of the molecule is CCOC(=O)c1cc(C(=O)OCC)c(C)[nH+]c1C. The molecule has 5 heteroatoms. The molecular formula is C13H18NO4+. The minimum atomic E-state index is -0.447. The molecule has 1 N–H and O–H groups in total. The normalized spacial score (nSPS) is 10.0. The highest BCUT2D eigenvalue weighted by Crippen LogP contribution is 2.12. The van der Waals surface area contributed by atoms with Gasteiger partial charge in [-0.25, -0.2) is 14.6 Å². The van der Waals surface area contributed by atoms with Crippen LogP contribution in [0.25, 0.3) is 0 Å². The zero-order valence-electron chi connectivity index (χ0n) is 11.1. The van der Waals surface area contributed by atoms with Gasteiger partial charge in [0.15, 0.2) is 11.4 Å². The van der Waals surface area contributed by atoms with Crippen molar-refractivity contribution in [3.05, 3.63) is 28.6 Å². The Labute approximate surface area is 106 Å². The molecule has 0 saturated heterocycles. The fourth-order valence-corrected chi connectivity index (χ4v) is 1.62. The third-order valence-corrected chi connectivity index (χ3v) is 2.46. The van der Waals surface area contributed by atoms with Gasteiger partial charge in [-0.2, -0.15) is 0 Å². The molecule has 98 valence electrons. The molecule has 0 bridgehead atoms. The number of carbonyl (C=O) groups excluding carboxylic acids is 2. The Hall–Kier alpha value is -1.91. The van der Waals surface area contributed by atoms with Gasteiger partial charge in [0.2, 0.25) is 0 Å². The van der Waals surface area contributed by atoms with E-state index < -0.39 is 11.9 Å². The molecule has 1 heterocycles. The molecule has 1 rings (SSSR count). The topological polar surface area (TPSA) is 66.7 Å². The Kier molecular flexibility index (Phi) is 4.83. The summed E-state index contributed by atoms with van der Waals surface area (Å²) in [4.78, 5) is 26.4. The van der Waals surface area contributed by atoms with Crippen molar-refractivity contribution in [2.75, 3.05) is 13.2 Å². The van der Waals surface area contributed by atoms with E-state index in [4.69, 9.17) is 9.47 Å². The van der Waals surface area contributed by atoms with Gasteiger partial charge < -0.3 is 9.47 Å². The summed E-state index contributed by atoms with van der Waals surface area (Å²) >= 11 is 0. The number of aromatic nitrogens is 1. The molecule has 0 aliphatic carbocycles. The van der Waals surface area contributed by atoms with Crippen LogP contribution in [-0.2, 0) is 9.47 Å². The van der Waals surface area contributed by atoms with Crippen molar-refractivity contribution in [2.24, 2.45) is 0 Å². The lowest BCUT2D eigenvalue weighted by Gasteiger charge is -2.06. The molecule has 0 unspecified atom stereocenters. The largest absolute Gasteiger partial charge is 0.462 e. The molecule has 0 aliphatic rings. The van der Waals surface area contributed by atoms with E-state index in [1.807, 2.05) is 0 Å². The number of hydrogen-bond acceptors (Lipinski definition) is 4.